The summed E-state index contributed by atoms with van der Waals surface area (Å²) in [5.41, 5.74) is 1.07. The normalized spacial score (nSPS) is 8.25. The molecule has 2 nitrogen and oxygen atoms in total. The number of methoxy groups -OCH3 is 1. The molecule has 0 atom stereocenters. The Morgan fingerprint density at radius 2 is 2.08 bits per heavy atom. The summed E-state index contributed by atoms with van der Waals surface area (Å²) in [5, 5.41) is 8.67. The Morgan fingerprint density at radius 1 is 1.42 bits per heavy atom. The van der Waals surface area contributed by atoms with Crippen LogP contribution < -0.4 is 4.74 Å². The van der Waals surface area contributed by atoms with E-state index < -0.39 is 0 Å². The Balaban J connectivity index is 3.37. The van der Waals surface area contributed by atoms with Gasteiger partial charge in [0.05, 0.1) is 18.2 Å². The Labute approximate surface area is 71.4 Å². The Hall–Kier alpha value is -1.93. The van der Waals surface area contributed by atoms with E-state index in [0.29, 0.717) is 16.9 Å². The molecule has 0 aliphatic rings. The minimum Gasteiger partial charge on any atom is -0.494 e. The number of hydrogen-bond acceptors (Lipinski definition) is 2. The zero-order valence-electron chi connectivity index (χ0n) is 6.66. The van der Waals surface area contributed by atoms with Crippen molar-refractivity contribution in [1.29, 1.82) is 5.26 Å². The number of terminal acetylenes is 1. The van der Waals surface area contributed by atoms with E-state index in [9.17, 15) is 0 Å². The number of rotatable bonds is 1. The molecule has 0 aliphatic carbocycles. The summed E-state index contributed by atoms with van der Waals surface area (Å²) in [5.74, 6) is 2.92. The molecule has 0 aliphatic heterocycles. The number of para-hydroxylation sites is 1. The van der Waals surface area contributed by atoms with Crippen molar-refractivity contribution in [1.82, 2.24) is 0 Å². The molecule has 58 valence electrons. The standard InChI is InChI=1S/C10H7NO/c1-3-8-5-4-6-9(7-11)10(8)12-2/h1,4-6H,2H3. The topological polar surface area (TPSA) is 33.0 Å². The maximum atomic E-state index is 8.67. The van der Waals surface area contributed by atoms with Crippen molar-refractivity contribution < 1.29 is 4.74 Å². The minimum absolute atomic E-state index is 0.466. The summed E-state index contributed by atoms with van der Waals surface area (Å²) in [7, 11) is 1.50. The van der Waals surface area contributed by atoms with Crippen LogP contribution in [0.3, 0.4) is 0 Å². The lowest BCUT2D eigenvalue weighted by molar-refractivity contribution is 0.412. The maximum absolute atomic E-state index is 8.67. The van der Waals surface area contributed by atoms with E-state index in [4.69, 9.17) is 16.4 Å². The molecular formula is C10H7NO. The molecule has 0 bridgehead atoms. The molecule has 2 heteroatoms. The maximum Gasteiger partial charge on any atom is 0.152 e. The van der Waals surface area contributed by atoms with E-state index in [1.165, 1.54) is 7.11 Å². The Kier molecular flexibility index (Phi) is 2.35. The van der Waals surface area contributed by atoms with Crippen LogP contribution in [0.2, 0.25) is 0 Å². The van der Waals surface area contributed by atoms with Crippen molar-refractivity contribution >= 4 is 0 Å². The lowest BCUT2D eigenvalue weighted by atomic mass is 10.1. The quantitative estimate of drug-likeness (QED) is 0.579. The van der Waals surface area contributed by atoms with E-state index in [-0.39, 0.29) is 0 Å². The van der Waals surface area contributed by atoms with Gasteiger partial charge in [-0.2, -0.15) is 5.26 Å². The van der Waals surface area contributed by atoms with Gasteiger partial charge in [0.2, 0.25) is 0 Å². The fourth-order valence-electron chi connectivity index (χ4n) is 0.959. The van der Waals surface area contributed by atoms with Gasteiger partial charge in [-0.05, 0) is 12.1 Å². The molecule has 0 heterocycles. The van der Waals surface area contributed by atoms with Gasteiger partial charge in [-0.3, -0.25) is 0 Å². The van der Waals surface area contributed by atoms with Crippen molar-refractivity contribution in [2.75, 3.05) is 7.11 Å². The average molecular weight is 157 g/mol. The fourth-order valence-corrected chi connectivity index (χ4v) is 0.959. The van der Waals surface area contributed by atoms with E-state index in [2.05, 4.69) is 5.92 Å². The number of ether oxygens (including phenoxy) is 1. The molecule has 12 heavy (non-hydrogen) atoms. The second kappa shape index (κ2) is 3.46. The van der Waals surface area contributed by atoms with Crippen LogP contribution in [0, 0.1) is 23.7 Å². The second-order valence-corrected chi connectivity index (χ2v) is 2.14. The largest absolute Gasteiger partial charge is 0.494 e. The van der Waals surface area contributed by atoms with Gasteiger partial charge in [-0.1, -0.05) is 12.0 Å². The van der Waals surface area contributed by atoms with Crippen LogP contribution in [0.1, 0.15) is 11.1 Å². The summed E-state index contributed by atoms with van der Waals surface area (Å²) in [6.45, 7) is 0. The zero-order chi connectivity index (χ0) is 8.97. The highest BCUT2D eigenvalue weighted by molar-refractivity contribution is 5.54. The highest BCUT2D eigenvalue weighted by Crippen LogP contribution is 2.21. The number of benzene rings is 1. The summed E-state index contributed by atoms with van der Waals surface area (Å²) in [6, 6.07) is 7.14. The molecule has 0 radical (unpaired) electrons. The molecule has 0 saturated carbocycles. The predicted octanol–water partition coefficient (Wildman–Crippen LogP) is 1.55. The lowest BCUT2D eigenvalue weighted by Gasteiger charge is -2.03. The van der Waals surface area contributed by atoms with Crippen molar-refractivity contribution in [3.63, 3.8) is 0 Å². The van der Waals surface area contributed by atoms with E-state index in [1.54, 1.807) is 18.2 Å². The first-order valence-corrected chi connectivity index (χ1v) is 3.37. The SMILES string of the molecule is C#Cc1cccc(C#N)c1OC. The van der Waals surface area contributed by atoms with Crippen LogP contribution in [0.15, 0.2) is 18.2 Å². The number of nitrogens with zero attached hydrogens (tertiary/aromatic N) is 1. The summed E-state index contributed by atoms with van der Waals surface area (Å²) in [6.07, 6.45) is 5.21. The molecule has 0 aromatic heterocycles. The van der Waals surface area contributed by atoms with Gasteiger partial charge in [0.25, 0.3) is 0 Å². The first-order chi connectivity index (χ1) is 5.83. The average Bonchev–Trinajstić information content (AvgIpc) is 2.16. The van der Waals surface area contributed by atoms with E-state index >= 15 is 0 Å². The van der Waals surface area contributed by atoms with E-state index in [1.807, 2.05) is 6.07 Å². The number of hydrogen-bond donors (Lipinski definition) is 0. The third-order valence-electron chi connectivity index (χ3n) is 1.50. The van der Waals surface area contributed by atoms with Gasteiger partial charge < -0.3 is 4.74 Å². The highest BCUT2D eigenvalue weighted by atomic mass is 16.5. The minimum atomic E-state index is 0.466. The third-order valence-corrected chi connectivity index (χ3v) is 1.50. The first kappa shape index (κ1) is 8.17. The monoisotopic (exact) mass is 157 g/mol. The van der Waals surface area contributed by atoms with Crippen LogP contribution in [-0.4, -0.2) is 7.11 Å². The molecule has 1 aromatic rings. The molecule has 1 rings (SSSR count). The molecular weight excluding hydrogens is 150 g/mol. The summed E-state index contributed by atoms with van der Waals surface area (Å²) >= 11 is 0. The lowest BCUT2D eigenvalue weighted by Crippen LogP contribution is -1.91. The van der Waals surface area contributed by atoms with Gasteiger partial charge in [-0.25, -0.2) is 0 Å². The molecule has 0 spiro atoms. The Bertz CT molecular complexity index is 336. The first-order valence-electron chi connectivity index (χ1n) is 3.37. The molecule has 0 N–H and O–H groups in total. The van der Waals surface area contributed by atoms with Crippen molar-refractivity contribution in [2.24, 2.45) is 0 Å². The summed E-state index contributed by atoms with van der Waals surface area (Å²) in [4.78, 5) is 0. The van der Waals surface area contributed by atoms with Crippen LogP contribution in [0.4, 0.5) is 0 Å². The van der Waals surface area contributed by atoms with Crippen LogP contribution in [-0.2, 0) is 0 Å². The van der Waals surface area contributed by atoms with Crippen molar-refractivity contribution in [2.45, 2.75) is 0 Å². The molecule has 0 fully saturated rings. The van der Waals surface area contributed by atoms with Crippen LogP contribution in [0.25, 0.3) is 0 Å². The van der Waals surface area contributed by atoms with Gasteiger partial charge in [0, 0.05) is 0 Å². The van der Waals surface area contributed by atoms with Gasteiger partial charge in [0.1, 0.15) is 6.07 Å². The van der Waals surface area contributed by atoms with Crippen LogP contribution in [0.5, 0.6) is 5.75 Å². The van der Waals surface area contributed by atoms with Gasteiger partial charge in [-0.15, -0.1) is 6.42 Å². The highest BCUT2D eigenvalue weighted by Gasteiger charge is 2.04. The molecule has 0 unspecified atom stereocenters. The summed E-state index contributed by atoms with van der Waals surface area (Å²) < 4.78 is 4.99. The van der Waals surface area contributed by atoms with E-state index in [0.717, 1.165) is 0 Å². The zero-order valence-corrected chi connectivity index (χ0v) is 6.66. The fraction of sp³-hybridized carbons (Fsp3) is 0.100. The smallest absolute Gasteiger partial charge is 0.152 e. The third kappa shape index (κ3) is 1.24. The molecule has 1 aromatic carbocycles. The van der Waals surface area contributed by atoms with Gasteiger partial charge in [0.15, 0.2) is 5.75 Å². The Morgan fingerprint density at radius 3 is 2.58 bits per heavy atom. The van der Waals surface area contributed by atoms with Crippen LogP contribution >= 0.6 is 0 Å². The van der Waals surface area contributed by atoms with Crippen molar-refractivity contribution in [3.05, 3.63) is 29.3 Å². The predicted molar refractivity (Wildman–Crippen MR) is 45.6 cm³/mol. The molecule has 0 amide bonds. The molecule has 0 saturated heterocycles. The second-order valence-electron chi connectivity index (χ2n) is 2.14. The van der Waals surface area contributed by atoms with Crippen molar-refractivity contribution in [3.8, 4) is 24.2 Å². The number of nitriles is 1. The van der Waals surface area contributed by atoms with Gasteiger partial charge >= 0.3 is 0 Å².